The van der Waals surface area contributed by atoms with Crippen LogP contribution in [-0.4, -0.2) is 17.1 Å². The summed E-state index contributed by atoms with van der Waals surface area (Å²) < 4.78 is 10.9. The van der Waals surface area contributed by atoms with Gasteiger partial charge in [-0.2, -0.15) is 0 Å². The zero-order valence-corrected chi connectivity index (χ0v) is 9.96. The number of aromatic nitrogens is 1. The Balaban J connectivity index is 2.50. The Morgan fingerprint density at radius 3 is 2.80 bits per heavy atom. The smallest absolute Gasteiger partial charge is 0.181 e. The molecule has 0 spiro atoms. The van der Waals surface area contributed by atoms with Crippen LogP contribution in [0.3, 0.4) is 0 Å². The maximum atomic E-state index is 5.63. The zero-order chi connectivity index (χ0) is 11.3. The summed E-state index contributed by atoms with van der Waals surface area (Å²) in [7, 11) is 0. The molecule has 1 rings (SSSR count). The summed E-state index contributed by atoms with van der Waals surface area (Å²) in [5, 5.41) is 3.21. The first kappa shape index (κ1) is 12.2. The van der Waals surface area contributed by atoms with Gasteiger partial charge in [0.15, 0.2) is 12.2 Å². The van der Waals surface area contributed by atoms with E-state index in [9.17, 15) is 0 Å². The minimum atomic E-state index is -0.151. The lowest BCUT2D eigenvalue weighted by molar-refractivity contribution is -0.0228. The second-order valence-corrected chi connectivity index (χ2v) is 4.40. The van der Waals surface area contributed by atoms with Crippen molar-refractivity contribution in [3.05, 3.63) is 17.8 Å². The van der Waals surface area contributed by atoms with Crippen LogP contribution in [-0.2, 0) is 17.9 Å². The van der Waals surface area contributed by atoms with Crippen LogP contribution in [0.4, 0.5) is 0 Å². The van der Waals surface area contributed by atoms with Crippen LogP contribution < -0.4 is 5.32 Å². The van der Waals surface area contributed by atoms with Crippen LogP contribution >= 0.6 is 0 Å². The zero-order valence-electron chi connectivity index (χ0n) is 9.96. The molecule has 0 unspecified atom stereocenters. The molecule has 0 aromatic carbocycles. The first-order valence-electron chi connectivity index (χ1n) is 5.29. The molecule has 0 fully saturated rings. The molecule has 0 saturated carbocycles. The molecular weight excluding hydrogens is 192 g/mol. The van der Waals surface area contributed by atoms with Crippen molar-refractivity contribution < 1.29 is 9.15 Å². The third-order valence-corrected chi connectivity index (χ3v) is 1.90. The molecule has 1 heterocycles. The highest BCUT2D eigenvalue weighted by Gasteiger charge is 2.14. The Bertz CT molecular complexity index is 289. The van der Waals surface area contributed by atoms with Crippen LogP contribution in [0.15, 0.2) is 10.8 Å². The molecule has 4 heteroatoms. The number of nitrogens with one attached hydrogen (secondary N) is 1. The number of oxazole rings is 1. The van der Waals surface area contributed by atoms with Gasteiger partial charge < -0.3 is 14.5 Å². The van der Waals surface area contributed by atoms with E-state index < -0.39 is 0 Å². The number of ether oxygens (including phenoxy) is 1. The second kappa shape index (κ2) is 5.28. The van der Waals surface area contributed by atoms with Crippen molar-refractivity contribution in [2.75, 3.05) is 6.54 Å². The molecule has 1 N–H and O–H groups in total. The van der Waals surface area contributed by atoms with Gasteiger partial charge in [-0.15, -0.1) is 0 Å². The Morgan fingerprint density at radius 1 is 1.47 bits per heavy atom. The van der Waals surface area contributed by atoms with E-state index in [1.807, 2.05) is 20.8 Å². The Morgan fingerprint density at radius 2 is 2.20 bits per heavy atom. The van der Waals surface area contributed by atoms with Gasteiger partial charge in [0.2, 0.25) is 0 Å². The van der Waals surface area contributed by atoms with Gasteiger partial charge in [-0.1, -0.05) is 6.92 Å². The van der Waals surface area contributed by atoms with Crippen molar-refractivity contribution in [1.29, 1.82) is 0 Å². The van der Waals surface area contributed by atoms with Gasteiger partial charge in [-0.25, -0.2) is 4.98 Å². The predicted octanol–water partition coefficient (Wildman–Crippen LogP) is 2.10. The van der Waals surface area contributed by atoms with Crippen molar-refractivity contribution in [2.24, 2.45) is 0 Å². The maximum absolute atomic E-state index is 5.63. The number of nitrogens with zero attached hydrogens (tertiary/aromatic N) is 1. The van der Waals surface area contributed by atoms with Gasteiger partial charge in [0.1, 0.15) is 6.61 Å². The third-order valence-electron chi connectivity index (χ3n) is 1.90. The van der Waals surface area contributed by atoms with Gasteiger partial charge in [0.05, 0.1) is 11.3 Å². The summed E-state index contributed by atoms with van der Waals surface area (Å²) in [6, 6.07) is 0. The molecule has 1 aromatic rings. The SMILES string of the molecule is CCNCc1ncoc1COC(C)(C)C. The van der Waals surface area contributed by atoms with E-state index in [0.717, 1.165) is 24.5 Å². The molecule has 0 bridgehead atoms. The van der Waals surface area contributed by atoms with Crippen LogP contribution in [0.1, 0.15) is 39.1 Å². The Kier molecular flexibility index (Phi) is 4.29. The fourth-order valence-electron chi connectivity index (χ4n) is 1.08. The van der Waals surface area contributed by atoms with Crippen LogP contribution in [0.2, 0.25) is 0 Å². The molecule has 0 radical (unpaired) electrons. The lowest BCUT2D eigenvalue weighted by Crippen LogP contribution is -2.19. The highest BCUT2D eigenvalue weighted by atomic mass is 16.5. The van der Waals surface area contributed by atoms with E-state index in [4.69, 9.17) is 9.15 Å². The van der Waals surface area contributed by atoms with Gasteiger partial charge in [-0.3, -0.25) is 0 Å². The van der Waals surface area contributed by atoms with E-state index in [0.29, 0.717) is 6.61 Å². The van der Waals surface area contributed by atoms with Gasteiger partial charge >= 0.3 is 0 Å². The quantitative estimate of drug-likeness (QED) is 0.812. The highest BCUT2D eigenvalue weighted by Crippen LogP contribution is 2.14. The third kappa shape index (κ3) is 4.44. The first-order chi connectivity index (χ1) is 7.03. The van der Waals surface area contributed by atoms with Crippen LogP contribution in [0.5, 0.6) is 0 Å². The molecule has 0 aliphatic carbocycles. The molecular formula is C11H20N2O2. The summed E-state index contributed by atoms with van der Waals surface area (Å²) in [6.07, 6.45) is 1.47. The second-order valence-electron chi connectivity index (χ2n) is 4.40. The minimum absolute atomic E-state index is 0.151. The molecule has 0 saturated heterocycles. The average molecular weight is 212 g/mol. The molecule has 4 nitrogen and oxygen atoms in total. The summed E-state index contributed by atoms with van der Waals surface area (Å²) >= 11 is 0. The highest BCUT2D eigenvalue weighted by molar-refractivity contribution is 5.05. The fourth-order valence-corrected chi connectivity index (χ4v) is 1.08. The number of rotatable bonds is 5. The summed E-state index contributed by atoms with van der Waals surface area (Å²) in [4.78, 5) is 4.15. The predicted molar refractivity (Wildman–Crippen MR) is 58.4 cm³/mol. The topological polar surface area (TPSA) is 47.3 Å². The van der Waals surface area contributed by atoms with E-state index in [1.165, 1.54) is 6.39 Å². The van der Waals surface area contributed by atoms with Crippen molar-refractivity contribution in [3.8, 4) is 0 Å². The van der Waals surface area contributed by atoms with E-state index in [2.05, 4.69) is 17.2 Å². The summed E-state index contributed by atoms with van der Waals surface area (Å²) in [5.74, 6) is 0.811. The molecule has 1 aromatic heterocycles. The Labute approximate surface area is 91.0 Å². The lowest BCUT2D eigenvalue weighted by Gasteiger charge is -2.18. The summed E-state index contributed by atoms with van der Waals surface area (Å²) in [5.41, 5.74) is 0.781. The Hall–Kier alpha value is -0.870. The molecule has 15 heavy (non-hydrogen) atoms. The fraction of sp³-hybridized carbons (Fsp3) is 0.727. The molecule has 0 aliphatic heterocycles. The molecule has 0 atom stereocenters. The van der Waals surface area contributed by atoms with Gasteiger partial charge in [0.25, 0.3) is 0 Å². The van der Waals surface area contributed by atoms with Crippen molar-refractivity contribution >= 4 is 0 Å². The van der Waals surface area contributed by atoms with Gasteiger partial charge in [0, 0.05) is 6.54 Å². The normalized spacial score (nSPS) is 12.0. The van der Waals surface area contributed by atoms with Crippen molar-refractivity contribution in [3.63, 3.8) is 0 Å². The van der Waals surface area contributed by atoms with Crippen molar-refractivity contribution in [1.82, 2.24) is 10.3 Å². The molecule has 0 aliphatic rings. The van der Waals surface area contributed by atoms with E-state index in [-0.39, 0.29) is 5.60 Å². The molecule has 0 amide bonds. The lowest BCUT2D eigenvalue weighted by atomic mass is 10.2. The number of hydrogen-bond acceptors (Lipinski definition) is 4. The maximum Gasteiger partial charge on any atom is 0.181 e. The van der Waals surface area contributed by atoms with E-state index >= 15 is 0 Å². The van der Waals surface area contributed by atoms with Crippen LogP contribution in [0, 0.1) is 0 Å². The number of hydrogen-bond donors (Lipinski definition) is 1. The largest absolute Gasteiger partial charge is 0.446 e. The monoisotopic (exact) mass is 212 g/mol. The standard InChI is InChI=1S/C11H20N2O2/c1-5-12-6-9-10(14-8-13-9)7-15-11(2,3)4/h8,12H,5-7H2,1-4H3. The van der Waals surface area contributed by atoms with E-state index in [1.54, 1.807) is 0 Å². The first-order valence-corrected chi connectivity index (χ1v) is 5.29. The van der Waals surface area contributed by atoms with Gasteiger partial charge in [-0.05, 0) is 27.3 Å². The average Bonchev–Trinajstić information content (AvgIpc) is 2.57. The van der Waals surface area contributed by atoms with Crippen LogP contribution in [0.25, 0.3) is 0 Å². The minimum Gasteiger partial charge on any atom is -0.446 e. The van der Waals surface area contributed by atoms with Crippen molar-refractivity contribution in [2.45, 2.75) is 46.4 Å². The summed E-state index contributed by atoms with van der Waals surface area (Å²) in [6.45, 7) is 10.3. The molecule has 86 valence electrons.